The van der Waals surface area contributed by atoms with Crippen LogP contribution in [0, 0.1) is 34.9 Å². The second kappa shape index (κ2) is 8.15. The lowest BCUT2D eigenvalue weighted by Crippen LogP contribution is -2.26. The Kier molecular flexibility index (Phi) is 5.93. The Morgan fingerprint density at radius 3 is 2.58 bits per heavy atom. The molecule has 2 fully saturated rings. The highest BCUT2D eigenvalue weighted by Gasteiger charge is 2.32. The van der Waals surface area contributed by atoms with Crippen molar-refractivity contribution in [1.29, 1.82) is 5.26 Å². The number of halogens is 1. The van der Waals surface area contributed by atoms with Crippen molar-refractivity contribution in [3.8, 4) is 6.07 Å². The molecule has 2 saturated carbocycles. The standard InChI is InChI=1S/C22H30FN/c1-2-5-16-10-12-17(13-11-16)18-6-3-7-19(14-18)20-8-4-9-22(23)21(20)15-24/h4,8-9,16-19H,2-3,5-7,10-14H2,1H3. The fourth-order valence-electron chi connectivity index (χ4n) is 5.29. The van der Waals surface area contributed by atoms with Gasteiger partial charge in [-0.1, -0.05) is 57.6 Å². The fraction of sp³-hybridized carbons (Fsp3) is 0.682. The Morgan fingerprint density at radius 1 is 1.08 bits per heavy atom. The van der Waals surface area contributed by atoms with E-state index >= 15 is 0 Å². The third kappa shape index (κ3) is 3.82. The zero-order valence-corrected chi connectivity index (χ0v) is 14.9. The average molecular weight is 327 g/mol. The van der Waals surface area contributed by atoms with Crippen molar-refractivity contribution in [3.05, 3.63) is 35.1 Å². The van der Waals surface area contributed by atoms with Gasteiger partial charge < -0.3 is 0 Å². The largest absolute Gasteiger partial charge is 0.206 e. The molecule has 1 aromatic carbocycles. The Balaban J connectivity index is 1.65. The molecule has 0 aliphatic heterocycles. The van der Waals surface area contributed by atoms with Crippen LogP contribution in [0.3, 0.4) is 0 Å². The van der Waals surface area contributed by atoms with Gasteiger partial charge in [-0.2, -0.15) is 5.26 Å². The van der Waals surface area contributed by atoms with E-state index in [1.54, 1.807) is 6.07 Å². The molecule has 130 valence electrons. The van der Waals surface area contributed by atoms with Crippen LogP contribution < -0.4 is 0 Å². The van der Waals surface area contributed by atoms with Crippen LogP contribution in [0.15, 0.2) is 18.2 Å². The van der Waals surface area contributed by atoms with Crippen molar-refractivity contribution in [1.82, 2.24) is 0 Å². The molecule has 3 rings (SSSR count). The summed E-state index contributed by atoms with van der Waals surface area (Å²) in [5.74, 6) is 2.62. The van der Waals surface area contributed by atoms with Crippen LogP contribution in [0.5, 0.6) is 0 Å². The average Bonchev–Trinajstić information content (AvgIpc) is 2.62. The highest BCUT2D eigenvalue weighted by molar-refractivity contribution is 5.41. The maximum Gasteiger partial charge on any atom is 0.141 e. The van der Waals surface area contributed by atoms with Crippen LogP contribution in [-0.2, 0) is 0 Å². The lowest BCUT2D eigenvalue weighted by atomic mass is 9.67. The number of nitriles is 1. The summed E-state index contributed by atoms with van der Waals surface area (Å²) in [6, 6.07) is 7.26. The van der Waals surface area contributed by atoms with Gasteiger partial charge in [0.2, 0.25) is 0 Å². The molecule has 1 nitrogen and oxygen atoms in total. The van der Waals surface area contributed by atoms with Gasteiger partial charge in [0.15, 0.2) is 0 Å². The number of hydrogen-bond acceptors (Lipinski definition) is 1. The van der Waals surface area contributed by atoms with Crippen LogP contribution in [0.25, 0.3) is 0 Å². The normalized spacial score (nSPS) is 30.7. The first-order valence-electron chi connectivity index (χ1n) is 9.91. The molecule has 2 unspecified atom stereocenters. The van der Waals surface area contributed by atoms with Gasteiger partial charge in [-0.15, -0.1) is 0 Å². The number of nitrogens with zero attached hydrogens (tertiary/aromatic N) is 1. The second-order valence-corrected chi connectivity index (χ2v) is 8.01. The van der Waals surface area contributed by atoms with Crippen LogP contribution in [0.1, 0.15) is 88.2 Å². The van der Waals surface area contributed by atoms with Crippen LogP contribution in [0.4, 0.5) is 4.39 Å². The quantitative estimate of drug-likeness (QED) is 0.613. The van der Waals surface area contributed by atoms with E-state index in [0.717, 1.165) is 36.2 Å². The van der Waals surface area contributed by atoms with Crippen molar-refractivity contribution in [3.63, 3.8) is 0 Å². The van der Waals surface area contributed by atoms with Gasteiger partial charge in [-0.25, -0.2) is 4.39 Å². The zero-order valence-electron chi connectivity index (χ0n) is 14.9. The lowest BCUT2D eigenvalue weighted by Gasteiger charge is -2.38. The summed E-state index contributed by atoms with van der Waals surface area (Å²) in [5, 5.41) is 9.33. The Morgan fingerprint density at radius 2 is 1.88 bits per heavy atom. The maximum absolute atomic E-state index is 14.0. The molecule has 0 spiro atoms. The van der Waals surface area contributed by atoms with E-state index in [4.69, 9.17) is 0 Å². The zero-order chi connectivity index (χ0) is 16.9. The van der Waals surface area contributed by atoms with Crippen molar-refractivity contribution in [2.45, 2.75) is 77.0 Å². The fourth-order valence-corrected chi connectivity index (χ4v) is 5.29. The lowest BCUT2D eigenvalue weighted by molar-refractivity contribution is 0.154. The van der Waals surface area contributed by atoms with Crippen LogP contribution >= 0.6 is 0 Å². The monoisotopic (exact) mass is 327 g/mol. The van der Waals surface area contributed by atoms with Crippen molar-refractivity contribution in [2.75, 3.05) is 0 Å². The van der Waals surface area contributed by atoms with E-state index in [-0.39, 0.29) is 11.4 Å². The second-order valence-electron chi connectivity index (χ2n) is 8.01. The third-order valence-corrected chi connectivity index (χ3v) is 6.57. The van der Waals surface area contributed by atoms with E-state index in [1.807, 2.05) is 6.07 Å². The molecule has 1 aromatic rings. The van der Waals surface area contributed by atoms with Crippen molar-refractivity contribution >= 4 is 0 Å². The molecule has 0 amide bonds. The topological polar surface area (TPSA) is 23.8 Å². The van der Waals surface area contributed by atoms with Crippen molar-refractivity contribution < 1.29 is 4.39 Å². The molecule has 0 N–H and O–H groups in total. The van der Waals surface area contributed by atoms with Crippen molar-refractivity contribution in [2.24, 2.45) is 17.8 Å². The van der Waals surface area contributed by atoms with Gasteiger partial charge >= 0.3 is 0 Å². The van der Waals surface area contributed by atoms with Crippen LogP contribution in [0.2, 0.25) is 0 Å². The molecule has 0 aromatic heterocycles. The summed E-state index contributed by atoms with van der Waals surface area (Å²) in [6.07, 6.45) is 13.1. The minimum Gasteiger partial charge on any atom is -0.206 e. The molecule has 2 aliphatic rings. The smallest absolute Gasteiger partial charge is 0.141 e. The summed E-state index contributed by atoms with van der Waals surface area (Å²) in [4.78, 5) is 0. The summed E-state index contributed by atoms with van der Waals surface area (Å²) in [5.41, 5.74) is 1.25. The van der Waals surface area contributed by atoms with Gasteiger partial charge in [-0.3, -0.25) is 0 Å². The molecule has 0 heterocycles. The summed E-state index contributed by atoms with van der Waals surface area (Å²) >= 11 is 0. The van der Waals surface area contributed by atoms with Gasteiger partial charge in [0.1, 0.15) is 11.9 Å². The van der Waals surface area contributed by atoms with Gasteiger partial charge in [-0.05, 0) is 61.0 Å². The molecule has 0 saturated heterocycles. The molecule has 2 heteroatoms. The Bertz CT molecular complexity index is 580. The molecule has 24 heavy (non-hydrogen) atoms. The number of hydrogen-bond donors (Lipinski definition) is 0. The van der Waals surface area contributed by atoms with E-state index in [0.29, 0.717) is 5.92 Å². The minimum absolute atomic E-state index is 0.287. The Hall–Kier alpha value is -1.36. The molecule has 0 radical (unpaired) electrons. The third-order valence-electron chi connectivity index (χ3n) is 6.57. The maximum atomic E-state index is 14.0. The highest BCUT2D eigenvalue weighted by Crippen LogP contribution is 2.45. The van der Waals surface area contributed by atoms with Crippen LogP contribution in [-0.4, -0.2) is 0 Å². The van der Waals surface area contributed by atoms with Gasteiger partial charge in [0, 0.05) is 0 Å². The molecular formula is C22H30FN. The van der Waals surface area contributed by atoms with E-state index in [2.05, 4.69) is 13.0 Å². The molecule has 2 aliphatic carbocycles. The highest BCUT2D eigenvalue weighted by atomic mass is 19.1. The van der Waals surface area contributed by atoms with E-state index in [1.165, 1.54) is 57.4 Å². The molecule has 2 atom stereocenters. The number of benzene rings is 1. The first-order valence-corrected chi connectivity index (χ1v) is 9.91. The SMILES string of the molecule is CCCC1CCC(C2CCCC(c3cccc(F)c3C#N)C2)CC1. The molecule has 0 bridgehead atoms. The number of rotatable bonds is 4. The van der Waals surface area contributed by atoms with Gasteiger partial charge in [0.05, 0.1) is 5.56 Å². The summed E-state index contributed by atoms with van der Waals surface area (Å²) < 4.78 is 14.0. The summed E-state index contributed by atoms with van der Waals surface area (Å²) in [7, 11) is 0. The Labute approximate surface area is 146 Å². The first kappa shape index (κ1) is 17.5. The first-order chi connectivity index (χ1) is 11.7. The van der Waals surface area contributed by atoms with Gasteiger partial charge in [0.25, 0.3) is 0 Å². The molecular weight excluding hydrogens is 297 g/mol. The predicted molar refractivity (Wildman–Crippen MR) is 96.2 cm³/mol. The van der Waals surface area contributed by atoms with E-state index < -0.39 is 0 Å². The van der Waals surface area contributed by atoms with E-state index in [9.17, 15) is 9.65 Å². The minimum atomic E-state index is -0.350. The summed E-state index contributed by atoms with van der Waals surface area (Å²) in [6.45, 7) is 2.30. The predicted octanol–water partition coefficient (Wildman–Crippen LogP) is 6.58.